The Balaban J connectivity index is 2.43. The van der Waals surface area contributed by atoms with E-state index in [1.165, 1.54) is 0 Å². The minimum atomic E-state index is -0.609. The quantitative estimate of drug-likeness (QED) is 0.614. The number of hydrogen-bond donors (Lipinski definition) is 2. The molecule has 0 bridgehead atoms. The molecule has 110 valence electrons. The van der Waals surface area contributed by atoms with Gasteiger partial charge in [0.25, 0.3) is 5.91 Å². The number of rotatable bonds is 6. The van der Waals surface area contributed by atoms with E-state index >= 15 is 0 Å². The van der Waals surface area contributed by atoms with Crippen LogP contribution in [0.1, 0.15) is 30.6 Å². The van der Waals surface area contributed by atoms with Crippen LogP contribution in [0.3, 0.4) is 0 Å². The molecule has 0 aliphatic carbocycles. The predicted octanol–water partition coefficient (Wildman–Crippen LogP) is 2.35. The normalized spacial score (nSPS) is 10.4. The topological polar surface area (TPSA) is 81.4 Å². The summed E-state index contributed by atoms with van der Waals surface area (Å²) in [7, 11) is 0. The van der Waals surface area contributed by atoms with Crippen LogP contribution in [-0.4, -0.2) is 25.0 Å². The molecule has 0 unspecified atom stereocenters. The average molecular weight is 343 g/mol. The van der Waals surface area contributed by atoms with Crippen molar-refractivity contribution in [3.05, 3.63) is 28.2 Å². The van der Waals surface area contributed by atoms with E-state index in [1.807, 2.05) is 0 Å². The molecule has 6 heteroatoms. The van der Waals surface area contributed by atoms with Gasteiger partial charge in [-0.25, -0.2) is 4.79 Å². The zero-order valence-electron chi connectivity index (χ0n) is 11.6. The first-order chi connectivity index (χ1) is 9.40. The summed E-state index contributed by atoms with van der Waals surface area (Å²) in [6, 6.07) is 4.89. The predicted molar refractivity (Wildman–Crippen MR) is 81.3 cm³/mol. The van der Waals surface area contributed by atoms with Crippen LogP contribution >= 0.6 is 15.9 Å². The number of benzene rings is 1. The highest BCUT2D eigenvalue weighted by molar-refractivity contribution is 9.10. The van der Waals surface area contributed by atoms with Crippen molar-refractivity contribution in [2.24, 2.45) is 5.92 Å². The maximum absolute atomic E-state index is 11.8. The Labute approximate surface area is 127 Å². The van der Waals surface area contributed by atoms with Gasteiger partial charge in [0.1, 0.15) is 0 Å². The minimum Gasteiger partial charge on any atom is -0.452 e. The van der Waals surface area contributed by atoms with Crippen molar-refractivity contribution in [3.63, 3.8) is 0 Å². The first-order valence-corrected chi connectivity index (χ1v) is 7.18. The van der Waals surface area contributed by atoms with E-state index < -0.39 is 5.97 Å². The van der Waals surface area contributed by atoms with Gasteiger partial charge in [-0.3, -0.25) is 4.79 Å². The van der Waals surface area contributed by atoms with Crippen molar-refractivity contribution in [1.29, 1.82) is 0 Å². The highest BCUT2D eigenvalue weighted by Crippen LogP contribution is 2.19. The lowest BCUT2D eigenvalue weighted by molar-refractivity contribution is -0.124. The van der Waals surface area contributed by atoms with Crippen LogP contribution in [0.15, 0.2) is 22.7 Å². The Morgan fingerprint density at radius 1 is 1.40 bits per heavy atom. The van der Waals surface area contributed by atoms with E-state index in [2.05, 4.69) is 35.1 Å². The lowest BCUT2D eigenvalue weighted by Crippen LogP contribution is -2.30. The molecule has 0 radical (unpaired) electrons. The number of nitrogens with two attached hydrogens (primary N) is 1. The Hall–Kier alpha value is -1.56. The van der Waals surface area contributed by atoms with Crippen LogP contribution in [-0.2, 0) is 9.53 Å². The fraction of sp³-hybridized carbons (Fsp3) is 0.429. The van der Waals surface area contributed by atoms with Crippen LogP contribution in [0.4, 0.5) is 5.69 Å². The van der Waals surface area contributed by atoms with Crippen molar-refractivity contribution in [2.75, 3.05) is 18.9 Å². The maximum Gasteiger partial charge on any atom is 0.340 e. The first-order valence-electron chi connectivity index (χ1n) is 6.39. The SMILES string of the molecule is CC(C)CCNC(=O)COC(=O)c1cc(Br)ccc1N. The number of hydrogen-bond acceptors (Lipinski definition) is 4. The van der Waals surface area contributed by atoms with Crippen LogP contribution < -0.4 is 11.1 Å². The number of anilines is 1. The summed E-state index contributed by atoms with van der Waals surface area (Å²) >= 11 is 3.25. The van der Waals surface area contributed by atoms with Gasteiger partial charge < -0.3 is 15.8 Å². The summed E-state index contributed by atoms with van der Waals surface area (Å²) < 4.78 is 5.65. The van der Waals surface area contributed by atoms with E-state index in [-0.39, 0.29) is 18.1 Å². The highest BCUT2D eigenvalue weighted by Gasteiger charge is 2.13. The zero-order chi connectivity index (χ0) is 15.1. The Morgan fingerprint density at radius 2 is 2.10 bits per heavy atom. The van der Waals surface area contributed by atoms with E-state index in [1.54, 1.807) is 18.2 Å². The summed E-state index contributed by atoms with van der Waals surface area (Å²) in [6.45, 7) is 4.42. The van der Waals surface area contributed by atoms with Crippen LogP contribution in [0.5, 0.6) is 0 Å². The van der Waals surface area contributed by atoms with E-state index in [0.717, 1.165) is 10.9 Å². The van der Waals surface area contributed by atoms with Crippen LogP contribution in [0.25, 0.3) is 0 Å². The van der Waals surface area contributed by atoms with Gasteiger partial charge in [0.15, 0.2) is 6.61 Å². The lowest BCUT2D eigenvalue weighted by Gasteiger charge is -2.09. The van der Waals surface area contributed by atoms with Crippen molar-refractivity contribution < 1.29 is 14.3 Å². The number of esters is 1. The van der Waals surface area contributed by atoms with Crippen molar-refractivity contribution in [2.45, 2.75) is 20.3 Å². The van der Waals surface area contributed by atoms with Crippen molar-refractivity contribution in [3.8, 4) is 0 Å². The Kier molecular flexibility index (Phi) is 6.51. The Morgan fingerprint density at radius 3 is 2.75 bits per heavy atom. The summed E-state index contributed by atoms with van der Waals surface area (Å²) in [5.74, 6) is -0.408. The smallest absolute Gasteiger partial charge is 0.340 e. The molecular weight excluding hydrogens is 324 g/mol. The third-order valence-corrected chi connectivity index (χ3v) is 3.11. The lowest BCUT2D eigenvalue weighted by atomic mass is 10.1. The third kappa shape index (κ3) is 5.61. The first kappa shape index (κ1) is 16.5. The molecule has 20 heavy (non-hydrogen) atoms. The largest absolute Gasteiger partial charge is 0.452 e. The number of amides is 1. The van der Waals surface area contributed by atoms with Gasteiger partial charge in [-0.05, 0) is 30.5 Å². The standard InChI is InChI=1S/C14H19BrN2O3/c1-9(2)5-6-17-13(18)8-20-14(19)11-7-10(15)3-4-12(11)16/h3-4,7,9H,5-6,8,16H2,1-2H3,(H,17,18). The van der Waals surface area contributed by atoms with Gasteiger partial charge >= 0.3 is 5.97 Å². The minimum absolute atomic E-state index is 0.245. The van der Waals surface area contributed by atoms with Gasteiger partial charge in [0, 0.05) is 16.7 Å². The molecule has 0 fully saturated rings. The van der Waals surface area contributed by atoms with Crippen LogP contribution in [0.2, 0.25) is 0 Å². The molecular formula is C14H19BrN2O3. The van der Waals surface area contributed by atoms with Crippen molar-refractivity contribution in [1.82, 2.24) is 5.32 Å². The van der Waals surface area contributed by atoms with Gasteiger partial charge in [0.05, 0.1) is 5.56 Å². The number of carbonyl (C=O) groups is 2. The molecule has 0 aliphatic heterocycles. The van der Waals surface area contributed by atoms with Gasteiger partial charge in [-0.2, -0.15) is 0 Å². The number of nitrogen functional groups attached to an aromatic ring is 1. The second kappa shape index (κ2) is 7.89. The molecule has 1 aromatic carbocycles. The molecule has 0 aliphatic rings. The second-order valence-electron chi connectivity index (χ2n) is 4.84. The summed E-state index contributed by atoms with van der Waals surface area (Å²) in [4.78, 5) is 23.3. The van der Waals surface area contributed by atoms with E-state index in [0.29, 0.717) is 18.2 Å². The number of carbonyl (C=O) groups excluding carboxylic acids is 2. The van der Waals surface area contributed by atoms with E-state index in [9.17, 15) is 9.59 Å². The molecule has 1 aromatic rings. The van der Waals surface area contributed by atoms with Gasteiger partial charge in [0.2, 0.25) is 0 Å². The Bertz CT molecular complexity index is 489. The van der Waals surface area contributed by atoms with Gasteiger partial charge in [-0.1, -0.05) is 29.8 Å². The molecule has 1 rings (SSSR count). The maximum atomic E-state index is 11.8. The zero-order valence-corrected chi connectivity index (χ0v) is 13.2. The number of halogens is 1. The highest BCUT2D eigenvalue weighted by atomic mass is 79.9. The molecule has 5 nitrogen and oxygen atoms in total. The molecule has 0 saturated heterocycles. The molecule has 0 saturated carbocycles. The molecule has 0 spiro atoms. The van der Waals surface area contributed by atoms with Crippen molar-refractivity contribution >= 4 is 33.5 Å². The summed E-state index contributed by atoms with van der Waals surface area (Å²) in [5, 5.41) is 2.69. The molecule has 0 aromatic heterocycles. The number of nitrogens with one attached hydrogen (secondary N) is 1. The monoisotopic (exact) mass is 342 g/mol. The molecule has 0 heterocycles. The second-order valence-corrected chi connectivity index (χ2v) is 5.76. The van der Waals surface area contributed by atoms with E-state index in [4.69, 9.17) is 10.5 Å². The van der Waals surface area contributed by atoms with Gasteiger partial charge in [-0.15, -0.1) is 0 Å². The molecule has 3 N–H and O–H groups in total. The number of ether oxygens (including phenoxy) is 1. The summed E-state index contributed by atoms with van der Waals surface area (Å²) in [5.41, 5.74) is 6.25. The average Bonchev–Trinajstić information content (AvgIpc) is 2.38. The summed E-state index contributed by atoms with van der Waals surface area (Å²) in [6.07, 6.45) is 0.887. The third-order valence-electron chi connectivity index (χ3n) is 2.61. The fourth-order valence-corrected chi connectivity index (χ4v) is 1.83. The molecule has 1 amide bonds. The fourth-order valence-electron chi connectivity index (χ4n) is 1.47. The molecule has 0 atom stereocenters. The van der Waals surface area contributed by atoms with Crippen LogP contribution in [0, 0.1) is 5.92 Å².